The summed E-state index contributed by atoms with van der Waals surface area (Å²) in [5.74, 6) is 0.583. The van der Waals surface area contributed by atoms with E-state index in [1.807, 2.05) is 6.92 Å². The zero-order chi connectivity index (χ0) is 12.9. The van der Waals surface area contributed by atoms with Crippen molar-refractivity contribution in [1.82, 2.24) is 0 Å². The van der Waals surface area contributed by atoms with Gasteiger partial charge < -0.3 is 6.92 Å². The van der Waals surface area contributed by atoms with Gasteiger partial charge in [0, 0.05) is 0 Å². The van der Waals surface area contributed by atoms with E-state index in [4.69, 9.17) is 23.2 Å². The Hall–Kier alpha value is 0.497. The van der Waals surface area contributed by atoms with Crippen molar-refractivity contribution in [3.8, 4) is 0 Å². The molecule has 1 atom stereocenters. The van der Waals surface area contributed by atoms with Crippen LogP contribution in [0.3, 0.4) is 0 Å². The molecule has 0 aromatic heterocycles. The number of aryl methyl sites for hydroxylation is 1. The smallest absolute Gasteiger partial charge is 0.341 e. The van der Waals surface area contributed by atoms with Crippen LogP contribution in [0.4, 0.5) is 0 Å². The summed E-state index contributed by atoms with van der Waals surface area (Å²) in [7, 11) is 2.06. The van der Waals surface area contributed by atoms with Gasteiger partial charge in [-0.2, -0.15) is 5.92 Å². The molecule has 0 fully saturated rings. The molecule has 0 saturated heterocycles. The van der Waals surface area contributed by atoms with Crippen LogP contribution in [0.2, 0.25) is 10.0 Å². The molecule has 0 N–H and O–H groups in total. The first-order chi connectivity index (χ1) is 7.27. The first-order valence-corrected chi connectivity index (χ1v) is 6.18. The Bertz CT molecular complexity index is 378. The summed E-state index contributed by atoms with van der Waals surface area (Å²) in [6.07, 6.45) is 0. The molecule has 17 heavy (non-hydrogen) atoms. The minimum Gasteiger partial charge on any atom is -0.341 e. The summed E-state index contributed by atoms with van der Waals surface area (Å²) in [5.41, 5.74) is 1.05. The molecule has 0 heterocycles. The van der Waals surface area contributed by atoms with Crippen LogP contribution in [0.1, 0.15) is 29.8 Å². The molecule has 0 aliphatic heterocycles. The molecule has 90 valence electrons. The Balaban J connectivity index is 0. The van der Waals surface area contributed by atoms with Crippen LogP contribution in [0, 0.1) is 19.8 Å². The molecule has 1 nitrogen and oxygen atoms in total. The van der Waals surface area contributed by atoms with Gasteiger partial charge in [0.15, 0.2) is 5.52 Å². The Morgan fingerprint density at radius 1 is 1.35 bits per heavy atom. The number of hydrogen-bond donors (Lipinski definition) is 0. The number of hydrogen-bond acceptors (Lipinski definition) is 1. The molecule has 1 unspecified atom stereocenters. The van der Waals surface area contributed by atoms with E-state index in [0.717, 1.165) is 5.56 Å². The first kappa shape index (κ1) is 19.8. The van der Waals surface area contributed by atoms with Gasteiger partial charge in [0.2, 0.25) is 0 Å². The van der Waals surface area contributed by atoms with Crippen molar-refractivity contribution in [1.29, 1.82) is 0 Å². The Kier molecular flexibility index (Phi) is 11.0. The molecule has 0 bridgehead atoms. The second kappa shape index (κ2) is 9.43. The molecule has 0 aliphatic carbocycles. The summed E-state index contributed by atoms with van der Waals surface area (Å²) < 4.78 is 0. The van der Waals surface area contributed by atoms with Crippen LogP contribution in [-0.4, -0.2) is 5.52 Å². The summed E-state index contributed by atoms with van der Waals surface area (Å²) in [6, 6.07) is 3.45. The fourth-order valence-corrected chi connectivity index (χ4v) is 1.92. The van der Waals surface area contributed by atoms with Crippen molar-refractivity contribution >= 4 is 38.0 Å². The third-order valence-electron chi connectivity index (χ3n) is 1.53. The van der Waals surface area contributed by atoms with E-state index >= 15 is 0 Å². The first-order valence-electron chi connectivity index (χ1n) is 4.84. The zero-order valence-corrected chi connectivity index (χ0v) is 13.3. The standard InChI is InChI=1S/C8H7Cl2OP.C4H9.Li/c1-4-2-3-5(9)6(7(4)10)8(11)12;1-4(2)3;/h2-3H,12H2,1H3;4H,1H2,2-3H3;/q;-1;+1. The summed E-state index contributed by atoms with van der Waals surface area (Å²) in [6.45, 7) is 9.58. The number of halogens is 2. The summed E-state index contributed by atoms with van der Waals surface area (Å²) in [4.78, 5) is 11.0. The van der Waals surface area contributed by atoms with Gasteiger partial charge in [-0.15, -0.1) is 0 Å². The maximum absolute atomic E-state index is 11.0. The normalized spacial score (nSPS) is 9.18. The third kappa shape index (κ3) is 7.50. The molecular formula is C12H16Cl2LiOP. The van der Waals surface area contributed by atoms with Crippen molar-refractivity contribution in [3.05, 3.63) is 40.2 Å². The number of carbonyl (C=O) groups excluding carboxylic acids is 1. The van der Waals surface area contributed by atoms with E-state index < -0.39 is 0 Å². The topological polar surface area (TPSA) is 17.1 Å². The molecule has 0 aliphatic rings. The van der Waals surface area contributed by atoms with Crippen LogP contribution >= 0.6 is 32.4 Å². The summed E-state index contributed by atoms with van der Waals surface area (Å²) in [5, 5.41) is 0.827. The SMILES string of the molecule is Cc1ccc(Cl)c(C(=O)P)c1Cl.[CH2-]C(C)C.[Li+]. The maximum Gasteiger partial charge on any atom is 1.00 e. The van der Waals surface area contributed by atoms with Crippen molar-refractivity contribution in [2.45, 2.75) is 20.8 Å². The molecule has 1 aromatic rings. The number of carbonyl (C=O) groups is 1. The van der Waals surface area contributed by atoms with Crippen LogP contribution in [0.25, 0.3) is 0 Å². The van der Waals surface area contributed by atoms with Crippen LogP contribution in [0.15, 0.2) is 12.1 Å². The minimum atomic E-state index is -0.186. The Morgan fingerprint density at radius 2 is 1.76 bits per heavy atom. The van der Waals surface area contributed by atoms with Gasteiger partial charge in [0.1, 0.15) is 0 Å². The molecule has 0 spiro atoms. The van der Waals surface area contributed by atoms with Crippen LogP contribution < -0.4 is 18.9 Å². The average Bonchev–Trinajstić information content (AvgIpc) is 2.10. The molecule has 0 saturated carbocycles. The van der Waals surface area contributed by atoms with E-state index in [9.17, 15) is 4.79 Å². The molecule has 1 rings (SSSR count). The van der Waals surface area contributed by atoms with E-state index in [-0.39, 0.29) is 24.4 Å². The van der Waals surface area contributed by atoms with Crippen LogP contribution in [0.5, 0.6) is 0 Å². The van der Waals surface area contributed by atoms with Crippen molar-refractivity contribution in [2.75, 3.05) is 0 Å². The average molecular weight is 285 g/mol. The molecule has 1 aromatic carbocycles. The maximum atomic E-state index is 11.0. The zero-order valence-electron chi connectivity index (χ0n) is 10.7. The summed E-state index contributed by atoms with van der Waals surface area (Å²) >= 11 is 11.7. The number of benzene rings is 1. The van der Waals surface area contributed by atoms with E-state index in [1.54, 1.807) is 12.1 Å². The van der Waals surface area contributed by atoms with Gasteiger partial charge in [-0.05, 0) is 18.6 Å². The van der Waals surface area contributed by atoms with E-state index in [0.29, 0.717) is 21.5 Å². The molecule has 0 radical (unpaired) electrons. The number of rotatable bonds is 1. The van der Waals surface area contributed by atoms with Gasteiger partial charge in [-0.25, -0.2) is 0 Å². The van der Waals surface area contributed by atoms with Crippen molar-refractivity contribution < 1.29 is 23.7 Å². The largest absolute Gasteiger partial charge is 1.00 e. The minimum absolute atomic E-state index is 0. The van der Waals surface area contributed by atoms with Crippen LogP contribution in [-0.2, 0) is 0 Å². The predicted octanol–water partition coefficient (Wildman–Crippen LogP) is 1.80. The fourth-order valence-electron chi connectivity index (χ4n) is 0.883. The van der Waals surface area contributed by atoms with Gasteiger partial charge in [0.05, 0.1) is 15.6 Å². The van der Waals surface area contributed by atoms with Crippen molar-refractivity contribution in [3.63, 3.8) is 0 Å². The third-order valence-corrected chi connectivity index (χ3v) is 2.62. The van der Waals surface area contributed by atoms with E-state index in [2.05, 4.69) is 30.0 Å². The predicted molar refractivity (Wildman–Crippen MR) is 75.4 cm³/mol. The van der Waals surface area contributed by atoms with Gasteiger partial charge in [-0.3, -0.25) is 4.79 Å². The Morgan fingerprint density at radius 3 is 2.06 bits per heavy atom. The van der Waals surface area contributed by atoms with Gasteiger partial charge in [-0.1, -0.05) is 52.4 Å². The quantitative estimate of drug-likeness (QED) is 0.437. The Labute approximate surface area is 128 Å². The molecular weight excluding hydrogens is 269 g/mol. The van der Waals surface area contributed by atoms with Gasteiger partial charge in [0.25, 0.3) is 0 Å². The van der Waals surface area contributed by atoms with E-state index in [1.165, 1.54) is 0 Å². The fraction of sp³-hybridized carbons (Fsp3) is 0.333. The molecule has 0 amide bonds. The second-order valence-corrected chi connectivity index (χ2v) is 5.12. The van der Waals surface area contributed by atoms with Crippen molar-refractivity contribution in [2.24, 2.45) is 5.92 Å². The second-order valence-electron chi connectivity index (χ2n) is 3.81. The molecule has 5 heteroatoms. The monoisotopic (exact) mass is 284 g/mol. The van der Waals surface area contributed by atoms with Gasteiger partial charge >= 0.3 is 18.9 Å².